The van der Waals surface area contributed by atoms with Gasteiger partial charge in [0.05, 0.1) is 5.69 Å². The van der Waals surface area contributed by atoms with Crippen LogP contribution in [0.3, 0.4) is 0 Å². The van der Waals surface area contributed by atoms with E-state index >= 15 is 0 Å². The Morgan fingerprint density at radius 1 is 1.22 bits per heavy atom. The van der Waals surface area contributed by atoms with Crippen LogP contribution < -0.4 is 16.0 Å². The molecular formula is C20H30IN5S. The zero-order chi connectivity index (χ0) is 18.4. The van der Waals surface area contributed by atoms with Gasteiger partial charge in [0.2, 0.25) is 0 Å². The smallest absolute Gasteiger partial charge is 0.193 e. The van der Waals surface area contributed by atoms with Gasteiger partial charge < -0.3 is 16.0 Å². The Morgan fingerprint density at radius 2 is 1.89 bits per heavy atom. The van der Waals surface area contributed by atoms with E-state index in [0.29, 0.717) is 12.5 Å². The summed E-state index contributed by atoms with van der Waals surface area (Å²) in [4.78, 5) is 11.6. The highest BCUT2D eigenvalue weighted by Gasteiger charge is 2.15. The van der Waals surface area contributed by atoms with Crippen molar-refractivity contribution in [2.75, 3.05) is 29.9 Å². The Morgan fingerprint density at radius 3 is 2.52 bits per heavy atom. The summed E-state index contributed by atoms with van der Waals surface area (Å²) in [6.45, 7) is 7.25. The van der Waals surface area contributed by atoms with Crippen molar-refractivity contribution in [1.82, 2.24) is 4.98 Å². The highest BCUT2D eigenvalue weighted by atomic mass is 127. The van der Waals surface area contributed by atoms with E-state index < -0.39 is 0 Å². The van der Waals surface area contributed by atoms with Gasteiger partial charge in [-0.1, -0.05) is 32.0 Å². The normalized spacial score (nSPS) is 14.3. The van der Waals surface area contributed by atoms with E-state index in [0.717, 1.165) is 48.9 Å². The molecule has 3 N–H and O–H groups in total. The number of nitrogens with two attached hydrogens (primary N) is 1. The minimum Gasteiger partial charge on any atom is -0.370 e. The highest BCUT2D eigenvalue weighted by Crippen LogP contribution is 2.25. The van der Waals surface area contributed by atoms with Crippen molar-refractivity contribution in [2.24, 2.45) is 10.7 Å². The Hall–Kier alpha value is -1.35. The third-order valence-electron chi connectivity index (χ3n) is 4.82. The summed E-state index contributed by atoms with van der Waals surface area (Å²) >= 11 is 1.74. The molecule has 1 fully saturated rings. The van der Waals surface area contributed by atoms with Gasteiger partial charge >= 0.3 is 0 Å². The second-order valence-electron chi connectivity index (χ2n) is 6.62. The summed E-state index contributed by atoms with van der Waals surface area (Å²) in [6.07, 6.45) is 5.33. The molecule has 0 saturated carbocycles. The van der Waals surface area contributed by atoms with E-state index in [2.05, 4.69) is 52.6 Å². The monoisotopic (exact) mass is 499 g/mol. The van der Waals surface area contributed by atoms with Gasteiger partial charge in [-0.05, 0) is 36.8 Å². The van der Waals surface area contributed by atoms with Crippen molar-refractivity contribution in [3.8, 4) is 0 Å². The third-order valence-corrected chi connectivity index (χ3v) is 5.77. The number of nitrogens with one attached hydrogen (secondary N) is 1. The van der Waals surface area contributed by atoms with Crippen LogP contribution in [0.4, 0.5) is 10.8 Å². The number of rotatable bonds is 7. The van der Waals surface area contributed by atoms with Crippen molar-refractivity contribution in [2.45, 2.75) is 46.0 Å². The van der Waals surface area contributed by atoms with Crippen LogP contribution in [0.15, 0.2) is 28.6 Å². The molecule has 2 aromatic rings. The highest BCUT2D eigenvalue weighted by molar-refractivity contribution is 14.0. The van der Waals surface area contributed by atoms with Crippen molar-refractivity contribution < 1.29 is 0 Å². The van der Waals surface area contributed by atoms with Gasteiger partial charge in [-0.2, -0.15) is 0 Å². The summed E-state index contributed by atoms with van der Waals surface area (Å²) in [7, 11) is 0. The number of hydrogen-bond acceptors (Lipinski definition) is 4. The van der Waals surface area contributed by atoms with Crippen LogP contribution in [-0.2, 0) is 19.3 Å². The molecule has 0 spiro atoms. The van der Waals surface area contributed by atoms with Crippen LogP contribution in [0.25, 0.3) is 0 Å². The molecule has 3 rings (SSSR count). The van der Waals surface area contributed by atoms with Gasteiger partial charge in [0.15, 0.2) is 11.1 Å². The van der Waals surface area contributed by atoms with Crippen LogP contribution in [0.5, 0.6) is 0 Å². The minimum absolute atomic E-state index is 0. The summed E-state index contributed by atoms with van der Waals surface area (Å²) in [6, 6.07) is 6.39. The van der Waals surface area contributed by atoms with Crippen molar-refractivity contribution in [3.05, 3.63) is 40.4 Å². The lowest BCUT2D eigenvalue weighted by molar-refractivity contribution is 0.906. The summed E-state index contributed by atoms with van der Waals surface area (Å²) in [5, 5.41) is 6.62. The first-order chi connectivity index (χ1) is 12.7. The molecule has 27 heavy (non-hydrogen) atoms. The lowest BCUT2D eigenvalue weighted by atomic mass is 10.0. The molecule has 148 valence electrons. The average Bonchev–Trinajstić information content (AvgIpc) is 3.33. The number of halogens is 1. The number of guanidine groups is 1. The maximum atomic E-state index is 6.13. The molecule has 5 nitrogen and oxygen atoms in total. The van der Waals surface area contributed by atoms with Gasteiger partial charge in [-0.25, -0.2) is 4.98 Å². The molecule has 0 radical (unpaired) electrons. The number of aliphatic imine (C=N–C) groups is 1. The number of anilines is 2. The Balaban J connectivity index is 0.00000261. The van der Waals surface area contributed by atoms with Gasteiger partial charge in [0.1, 0.15) is 0 Å². The molecule has 2 heterocycles. The lowest BCUT2D eigenvalue weighted by Gasteiger charge is -2.14. The van der Waals surface area contributed by atoms with Gasteiger partial charge in [-0.3, -0.25) is 4.99 Å². The number of aryl methyl sites for hydroxylation is 2. The quantitative estimate of drug-likeness (QED) is 0.336. The Kier molecular flexibility index (Phi) is 8.82. The topological polar surface area (TPSA) is 66.5 Å². The molecule has 0 bridgehead atoms. The summed E-state index contributed by atoms with van der Waals surface area (Å²) < 4.78 is 0. The molecule has 7 heteroatoms. The molecule has 1 aliphatic rings. The Bertz CT molecular complexity index is 730. The van der Waals surface area contributed by atoms with Crippen LogP contribution in [0.2, 0.25) is 0 Å². The maximum Gasteiger partial charge on any atom is 0.193 e. The van der Waals surface area contributed by atoms with Crippen molar-refractivity contribution >= 4 is 52.1 Å². The van der Waals surface area contributed by atoms with Gasteiger partial charge in [-0.15, -0.1) is 35.3 Å². The van der Waals surface area contributed by atoms with Crippen molar-refractivity contribution in [3.63, 3.8) is 0 Å². The molecule has 0 atom stereocenters. The fourth-order valence-electron chi connectivity index (χ4n) is 3.33. The lowest BCUT2D eigenvalue weighted by Crippen LogP contribution is -2.24. The predicted octanol–water partition coefficient (Wildman–Crippen LogP) is 4.46. The second-order valence-corrected chi connectivity index (χ2v) is 7.45. The maximum absolute atomic E-state index is 6.13. The summed E-state index contributed by atoms with van der Waals surface area (Å²) in [5.41, 5.74) is 10.9. The van der Waals surface area contributed by atoms with E-state index in [1.165, 1.54) is 24.0 Å². The predicted molar refractivity (Wildman–Crippen MR) is 128 cm³/mol. The molecule has 1 saturated heterocycles. The van der Waals surface area contributed by atoms with E-state index in [1.54, 1.807) is 11.3 Å². The fourth-order valence-corrected chi connectivity index (χ4v) is 4.24. The molecule has 0 aliphatic carbocycles. The van der Waals surface area contributed by atoms with Crippen LogP contribution >= 0.6 is 35.3 Å². The molecule has 1 aromatic heterocycles. The fraction of sp³-hybridized carbons (Fsp3) is 0.500. The largest absolute Gasteiger partial charge is 0.370 e. The van der Waals surface area contributed by atoms with Gasteiger partial charge in [0, 0.05) is 37.1 Å². The number of thiazole rings is 1. The SMILES string of the molecule is CCc1cccc(CC)c1NC(N)=NCCc1csc(N2CCCC2)n1.I. The first-order valence-corrected chi connectivity index (χ1v) is 10.5. The van der Waals surface area contributed by atoms with Crippen LogP contribution in [-0.4, -0.2) is 30.6 Å². The number of para-hydroxylation sites is 1. The second kappa shape index (κ2) is 10.8. The molecule has 1 aromatic carbocycles. The number of nitrogens with zero attached hydrogens (tertiary/aromatic N) is 3. The molecule has 1 aliphatic heterocycles. The van der Waals surface area contributed by atoms with E-state index in [-0.39, 0.29) is 24.0 Å². The van der Waals surface area contributed by atoms with Crippen LogP contribution in [0.1, 0.15) is 43.5 Å². The first-order valence-electron chi connectivity index (χ1n) is 9.58. The average molecular weight is 499 g/mol. The minimum atomic E-state index is 0. The van der Waals surface area contributed by atoms with E-state index in [4.69, 9.17) is 10.7 Å². The zero-order valence-corrected chi connectivity index (χ0v) is 19.3. The molecular weight excluding hydrogens is 469 g/mol. The third kappa shape index (κ3) is 5.81. The van der Waals surface area contributed by atoms with Crippen LogP contribution in [0, 0.1) is 0 Å². The Labute approximate surface area is 183 Å². The number of aromatic nitrogens is 1. The standard InChI is InChI=1S/C20H29N5S.HI/c1-3-15-8-7-9-16(4-2)18(15)24-19(21)22-11-10-17-14-26-20(23-17)25-12-5-6-13-25;/h7-9,14H,3-6,10-13H2,1-2H3,(H3,21,22,24);1H. The molecule has 0 amide bonds. The van der Waals surface area contributed by atoms with E-state index in [1.807, 2.05) is 0 Å². The number of benzene rings is 1. The molecule has 0 unspecified atom stereocenters. The summed E-state index contributed by atoms with van der Waals surface area (Å²) in [5.74, 6) is 0.482. The first kappa shape index (κ1) is 21.9. The van der Waals surface area contributed by atoms with Gasteiger partial charge in [0.25, 0.3) is 0 Å². The zero-order valence-electron chi connectivity index (χ0n) is 16.2. The van der Waals surface area contributed by atoms with E-state index in [9.17, 15) is 0 Å². The van der Waals surface area contributed by atoms with Crippen molar-refractivity contribution in [1.29, 1.82) is 0 Å². The number of hydrogen-bond donors (Lipinski definition) is 2.